The predicted octanol–water partition coefficient (Wildman–Crippen LogP) is 3.44. The van der Waals surface area contributed by atoms with Crippen molar-refractivity contribution < 1.29 is 18.7 Å². The number of halogens is 1. The molecule has 0 bridgehead atoms. The van der Waals surface area contributed by atoms with Crippen molar-refractivity contribution >= 4 is 23.2 Å². The van der Waals surface area contributed by atoms with Crippen LogP contribution in [0.1, 0.15) is 23.7 Å². The molecular weight excluding hydrogens is 299 g/mol. The van der Waals surface area contributed by atoms with Crippen molar-refractivity contribution in [2.75, 3.05) is 17.7 Å². The normalized spacial score (nSPS) is 10.0. The zero-order valence-electron chi connectivity index (χ0n) is 12.9. The van der Waals surface area contributed by atoms with E-state index < -0.39 is 0 Å². The fourth-order valence-electron chi connectivity index (χ4n) is 1.92. The van der Waals surface area contributed by atoms with E-state index in [-0.39, 0.29) is 17.6 Å². The summed E-state index contributed by atoms with van der Waals surface area (Å²) in [5, 5.41) is 5.34. The van der Waals surface area contributed by atoms with Crippen molar-refractivity contribution in [3.05, 3.63) is 53.8 Å². The second-order valence-corrected chi connectivity index (χ2v) is 4.78. The third kappa shape index (κ3) is 4.29. The Kier molecular flexibility index (Phi) is 5.30. The highest BCUT2D eigenvalue weighted by atomic mass is 19.1. The van der Waals surface area contributed by atoms with E-state index in [1.54, 1.807) is 19.1 Å². The third-order valence-corrected chi connectivity index (χ3v) is 3.16. The van der Waals surface area contributed by atoms with Crippen molar-refractivity contribution in [1.82, 2.24) is 0 Å². The largest absolute Gasteiger partial charge is 0.495 e. The highest BCUT2D eigenvalue weighted by molar-refractivity contribution is 6.05. The van der Waals surface area contributed by atoms with Gasteiger partial charge in [-0.15, -0.1) is 0 Å². The van der Waals surface area contributed by atoms with E-state index in [0.717, 1.165) is 0 Å². The van der Waals surface area contributed by atoms with E-state index in [1.807, 2.05) is 0 Å². The van der Waals surface area contributed by atoms with Crippen molar-refractivity contribution in [2.45, 2.75) is 13.3 Å². The fourth-order valence-corrected chi connectivity index (χ4v) is 1.92. The summed E-state index contributed by atoms with van der Waals surface area (Å²) in [4.78, 5) is 23.8. The van der Waals surface area contributed by atoms with Crippen molar-refractivity contribution in [3.8, 4) is 5.75 Å². The van der Waals surface area contributed by atoms with Gasteiger partial charge in [0.1, 0.15) is 11.6 Å². The summed E-state index contributed by atoms with van der Waals surface area (Å²) in [5.74, 6) is -0.465. The highest BCUT2D eigenvalue weighted by Crippen LogP contribution is 2.26. The van der Waals surface area contributed by atoms with E-state index in [0.29, 0.717) is 29.1 Å². The lowest BCUT2D eigenvalue weighted by atomic mass is 10.1. The van der Waals surface area contributed by atoms with Gasteiger partial charge in [-0.25, -0.2) is 4.39 Å². The molecule has 120 valence electrons. The summed E-state index contributed by atoms with van der Waals surface area (Å²) < 4.78 is 18.0. The number of ether oxygens (including phenoxy) is 1. The highest BCUT2D eigenvalue weighted by Gasteiger charge is 2.12. The molecule has 0 atom stereocenters. The average Bonchev–Trinajstić information content (AvgIpc) is 2.56. The summed E-state index contributed by atoms with van der Waals surface area (Å²) >= 11 is 0. The quantitative estimate of drug-likeness (QED) is 0.888. The predicted molar refractivity (Wildman–Crippen MR) is 86.3 cm³/mol. The topological polar surface area (TPSA) is 67.4 Å². The molecule has 2 N–H and O–H groups in total. The lowest BCUT2D eigenvalue weighted by Gasteiger charge is -2.12. The van der Waals surface area contributed by atoms with Gasteiger partial charge in [-0.05, 0) is 42.5 Å². The second-order valence-electron chi connectivity index (χ2n) is 4.78. The maximum absolute atomic E-state index is 12.9. The van der Waals surface area contributed by atoms with Crippen LogP contribution in [0.3, 0.4) is 0 Å². The van der Waals surface area contributed by atoms with Crippen LogP contribution in [0.2, 0.25) is 0 Å². The summed E-state index contributed by atoms with van der Waals surface area (Å²) in [6.07, 6.45) is 0.315. The van der Waals surface area contributed by atoms with Gasteiger partial charge in [0.05, 0.1) is 12.8 Å². The van der Waals surface area contributed by atoms with Crippen LogP contribution in [-0.2, 0) is 4.79 Å². The number of rotatable bonds is 5. The molecule has 2 aromatic carbocycles. The van der Waals surface area contributed by atoms with Gasteiger partial charge >= 0.3 is 0 Å². The Hall–Kier alpha value is -2.89. The summed E-state index contributed by atoms with van der Waals surface area (Å²) in [5.41, 5.74) is 1.25. The number of hydrogen-bond donors (Lipinski definition) is 2. The van der Waals surface area contributed by atoms with Crippen LogP contribution in [0, 0.1) is 5.82 Å². The molecule has 0 aromatic heterocycles. The molecule has 0 aliphatic rings. The number of amides is 2. The van der Waals surface area contributed by atoms with Crippen LogP contribution in [0.5, 0.6) is 5.75 Å². The van der Waals surface area contributed by atoms with Gasteiger partial charge in [0.25, 0.3) is 5.91 Å². The second kappa shape index (κ2) is 7.40. The molecule has 0 saturated carbocycles. The van der Waals surface area contributed by atoms with Crippen LogP contribution >= 0.6 is 0 Å². The minimum absolute atomic E-state index is 0.181. The minimum atomic E-state index is -0.378. The number of carbonyl (C=O) groups is 2. The van der Waals surface area contributed by atoms with E-state index in [2.05, 4.69) is 10.6 Å². The molecule has 2 rings (SSSR count). The summed E-state index contributed by atoms with van der Waals surface area (Å²) in [6.45, 7) is 1.73. The Morgan fingerprint density at radius 3 is 2.39 bits per heavy atom. The Labute approximate surface area is 133 Å². The molecule has 0 radical (unpaired) electrons. The Morgan fingerprint density at radius 1 is 1.09 bits per heavy atom. The Morgan fingerprint density at radius 2 is 1.78 bits per heavy atom. The standard InChI is InChI=1S/C17H17FN2O3/c1-3-16(21)20-14-10-11(4-9-15(14)23-2)17(22)19-13-7-5-12(18)6-8-13/h4-10H,3H2,1-2H3,(H,19,22)(H,20,21). The number of benzene rings is 2. The lowest BCUT2D eigenvalue weighted by molar-refractivity contribution is -0.115. The van der Waals surface area contributed by atoms with Gasteiger partial charge in [0.2, 0.25) is 5.91 Å². The lowest BCUT2D eigenvalue weighted by Crippen LogP contribution is -2.14. The molecule has 0 aliphatic heterocycles. The maximum Gasteiger partial charge on any atom is 0.255 e. The smallest absolute Gasteiger partial charge is 0.255 e. The number of carbonyl (C=O) groups excluding carboxylic acids is 2. The van der Waals surface area contributed by atoms with Crippen LogP contribution in [-0.4, -0.2) is 18.9 Å². The maximum atomic E-state index is 12.9. The molecule has 23 heavy (non-hydrogen) atoms. The average molecular weight is 316 g/mol. The minimum Gasteiger partial charge on any atom is -0.495 e. The zero-order valence-corrected chi connectivity index (χ0v) is 12.9. The van der Waals surface area contributed by atoms with Crippen LogP contribution < -0.4 is 15.4 Å². The molecule has 0 heterocycles. The van der Waals surface area contributed by atoms with E-state index in [9.17, 15) is 14.0 Å². The number of nitrogens with one attached hydrogen (secondary N) is 2. The molecule has 2 amide bonds. The summed E-state index contributed by atoms with van der Waals surface area (Å²) in [6, 6.07) is 10.2. The number of methoxy groups -OCH3 is 1. The van der Waals surface area contributed by atoms with Crippen molar-refractivity contribution in [2.24, 2.45) is 0 Å². The van der Waals surface area contributed by atoms with Gasteiger partial charge in [-0.3, -0.25) is 9.59 Å². The summed E-state index contributed by atoms with van der Waals surface area (Å²) in [7, 11) is 1.48. The van der Waals surface area contributed by atoms with Crippen molar-refractivity contribution in [3.63, 3.8) is 0 Å². The van der Waals surface area contributed by atoms with E-state index >= 15 is 0 Å². The zero-order chi connectivity index (χ0) is 16.8. The Balaban J connectivity index is 2.21. The molecule has 0 unspecified atom stereocenters. The number of anilines is 2. The number of hydrogen-bond acceptors (Lipinski definition) is 3. The first kappa shape index (κ1) is 16.5. The monoisotopic (exact) mass is 316 g/mol. The van der Waals surface area contributed by atoms with Crippen LogP contribution in [0.25, 0.3) is 0 Å². The van der Waals surface area contributed by atoms with E-state index in [4.69, 9.17) is 4.74 Å². The molecule has 0 saturated heterocycles. The van der Waals surface area contributed by atoms with Gasteiger partial charge < -0.3 is 15.4 Å². The first-order valence-electron chi connectivity index (χ1n) is 7.08. The van der Waals surface area contributed by atoms with Gasteiger partial charge in [-0.2, -0.15) is 0 Å². The van der Waals surface area contributed by atoms with Gasteiger partial charge in [0, 0.05) is 17.7 Å². The van der Waals surface area contributed by atoms with E-state index in [1.165, 1.54) is 37.4 Å². The molecule has 5 nitrogen and oxygen atoms in total. The SMILES string of the molecule is CCC(=O)Nc1cc(C(=O)Nc2ccc(F)cc2)ccc1OC. The third-order valence-electron chi connectivity index (χ3n) is 3.16. The van der Waals surface area contributed by atoms with Crippen molar-refractivity contribution in [1.29, 1.82) is 0 Å². The molecular formula is C17H17FN2O3. The van der Waals surface area contributed by atoms with Crippen LogP contribution in [0.4, 0.5) is 15.8 Å². The molecule has 0 aliphatic carbocycles. The first-order chi connectivity index (χ1) is 11.0. The molecule has 6 heteroatoms. The molecule has 2 aromatic rings. The molecule has 0 fully saturated rings. The van der Waals surface area contributed by atoms with Crippen LogP contribution in [0.15, 0.2) is 42.5 Å². The first-order valence-corrected chi connectivity index (χ1v) is 7.08. The Bertz CT molecular complexity index is 714. The van der Waals surface area contributed by atoms with Gasteiger partial charge in [0.15, 0.2) is 0 Å². The molecule has 0 spiro atoms. The fraction of sp³-hybridized carbons (Fsp3) is 0.176. The van der Waals surface area contributed by atoms with Gasteiger partial charge in [-0.1, -0.05) is 6.92 Å².